The van der Waals surface area contributed by atoms with Crippen molar-refractivity contribution in [3.63, 3.8) is 0 Å². The molecule has 13 heteroatoms. The number of thiol groups is 2. The summed E-state index contributed by atoms with van der Waals surface area (Å²) in [5, 5.41) is 21.6. The number of esters is 2. The SMILES string of the molecule is C.C.COC(=O)CC(O)(CCCC(C)(C)O)C(=O)OC1C(OC)=C[C@]23CCCN2CCc2cc4c(cc2[C@H]13)OCO4.SSS. The highest BCUT2D eigenvalue weighted by Crippen LogP contribution is 2.55. The molecule has 4 atom stereocenters. The summed E-state index contributed by atoms with van der Waals surface area (Å²) in [5.41, 5.74) is -1.42. The molecule has 3 heterocycles. The van der Waals surface area contributed by atoms with E-state index < -0.39 is 41.2 Å². The van der Waals surface area contributed by atoms with Crippen molar-refractivity contribution in [1.82, 2.24) is 4.90 Å². The number of fused-ring (bicyclic) bond motifs is 3. The average Bonchev–Trinajstić information content (AvgIpc) is 3.61. The van der Waals surface area contributed by atoms with Gasteiger partial charge in [-0.05, 0) is 98.1 Å². The number of methoxy groups -OCH3 is 2. The molecule has 3 aliphatic heterocycles. The minimum Gasteiger partial charge on any atom is -0.497 e. The Labute approximate surface area is 275 Å². The predicted octanol–water partition coefficient (Wildman–Crippen LogP) is 5.26. The predicted molar refractivity (Wildman–Crippen MR) is 178 cm³/mol. The van der Waals surface area contributed by atoms with Gasteiger partial charge in [0.1, 0.15) is 5.76 Å². The highest BCUT2D eigenvalue weighted by Gasteiger charge is 2.59. The molecule has 44 heavy (non-hydrogen) atoms. The molecule has 2 unspecified atom stereocenters. The van der Waals surface area contributed by atoms with E-state index in [1.165, 1.54) is 7.11 Å². The zero-order valence-electron chi connectivity index (χ0n) is 24.5. The fourth-order valence-electron chi connectivity index (χ4n) is 6.71. The van der Waals surface area contributed by atoms with Gasteiger partial charge in [0.15, 0.2) is 23.2 Å². The summed E-state index contributed by atoms with van der Waals surface area (Å²) in [7, 11) is 3.90. The summed E-state index contributed by atoms with van der Waals surface area (Å²) >= 11 is 7.14. The fourth-order valence-corrected chi connectivity index (χ4v) is 6.71. The molecule has 10 nitrogen and oxygen atoms in total. The number of nitrogens with zero attached hydrogens (tertiary/aromatic N) is 1. The molecule has 5 rings (SSSR count). The topological polar surface area (TPSA) is 124 Å². The van der Waals surface area contributed by atoms with Gasteiger partial charge in [-0.3, -0.25) is 9.69 Å². The van der Waals surface area contributed by atoms with E-state index in [0.717, 1.165) is 53.3 Å². The maximum atomic E-state index is 13.8. The molecule has 1 spiro atoms. The molecule has 250 valence electrons. The lowest BCUT2D eigenvalue weighted by Gasteiger charge is -2.39. The first-order valence-electron chi connectivity index (χ1n) is 14.0. The van der Waals surface area contributed by atoms with Gasteiger partial charge in [0.05, 0.1) is 37.7 Å². The molecule has 0 radical (unpaired) electrons. The van der Waals surface area contributed by atoms with Gasteiger partial charge in [-0.15, -0.1) is 0 Å². The van der Waals surface area contributed by atoms with Crippen molar-refractivity contribution < 1.29 is 43.5 Å². The van der Waals surface area contributed by atoms with Crippen molar-refractivity contribution in [2.75, 3.05) is 34.1 Å². The van der Waals surface area contributed by atoms with Gasteiger partial charge in [0, 0.05) is 6.54 Å². The smallest absolute Gasteiger partial charge is 0.339 e. The third-order valence-electron chi connectivity index (χ3n) is 8.62. The Hall–Kier alpha value is -1.77. The quantitative estimate of drug-likeness (QED) is 0.156. The molecule has 0 bridgehead atoms. The minimum atomic E-state index is -2.12. The number of hydrogen-bond donors (Lipinski definition) is 4. The van der Waals surface area contributed by atoms with Gasteiger partial charge in [-0.2, -0.15) is 0 Å². The van der Waals surface area contributed by atoms with E-state index in [1.54, 1.807) is 21.0 Å². The molecule has 1 aromatic rings. The van der Waals surface area contributed by atoms with Crippen LogP contribution in [0.3, 0.4) is 0 Å². The summed E-state index contributed by atoms with van der Waals surface area (Å²) in [6.45, 7) is 5.21. The molecule has 1 aromatic carbocycles. The number of aliphatic hydroxyl groups is 2. The second kappa shape index (κ2) is 15.7. The largest absolute Gasteiger partial charge is 0.497 e. The van der Waals surface area contributed by atoms with Crippen LogP contribution < -0.4 is 9.47 Å². The first-order chi connectivity index (χ1) is 19.9. The van der Waals surface area contributed by atoms with Crippen LogP contribution in [-0.2, 0) is 30.2 Å². The van der Waals surface area contributed by atoms with Gasteiger partial charge in [-0.25, -0.2) is 4.79 Å². The van der Waals surface area contributed by atoms with Crippen molar-refractivity contribution in [2.24, 2.45) is 0 Å². The van der Waals surface area contributed by atoms with Gasteiger partial charge < -0.3 is 33.9 Å². The van der Waals surface area contributed by atoms with E-state index in [2.05, 4.69) is 34.3 Å². The van der Waals surface area contributed by atoms with Gasteiger partial charge in [0.2, 0.25) is 6.79 Å². The summed E-state index contributed by atoms with van der Waals surface area (Å²) in [6, 6.07) is 4.00. The van der Waals surface area contributed by atoms with Crippen LogP contribution in [-0.4, -0.2) is 84.0 Å². The van der Waals surface area contributed by atoms with Crippen molar-refractivity contribution in [3.8, 4) is 11.5 Å². The Morgan fingerprint density at radius 1 is 1.11 bits per heavy atom. The molecule has 0 aromatic heterocycles. The Bertz CT molecular complexity index is 1190. The maximum absolute atomic E-state index is 13.8. The van der Waals surface area contributed by atoms with Crippen molar-refractivity contribution >= 4 is 45.1 Å². The second-order valence-electron chi connectivity index (χ2n) is 11.8. The molecule has 2 N–H and O–H groups in total. The van der Waals surface area contributed by atoms with Crippen LogP contribution in [0.25, 0.3) is 0 Å². The van der Waals surface area contributed by atoms with E-state index >= 15 is 0 Å². The van der Waals surface area contributed by atoms with Crippen LogP contribution >= 0.6 is 33.1 Å². The zero-order chi connectivity index (χ0) is 30.7. The van der Waals surface area contributed by atoms with Crippen molar-refractivity contribution in [1.29, 1.82) is 0 Å². The van der Waals surface area contributed by atoms with Gasteiger partial charge in [0.25, 0.3) is 0 Å². The highest BCUT2D eigenvalue weighted by molar-refractivity contribution is 9.01. The van der Waals surface area contributed by atoms with E-state index in [9.17, 15) is 19.8 Å². The highest BCUT2D eigenvalue weighted by atomic mass is 33.5. The summed E-state index contributed by atoms with van der Waals surface area (Å²) in [4.78, 5) is 28.4. The van der Waals surface area contributed by atoms with Crippen LogP contribution in [0.4, 0.5) is 0 Å². The summed E-state index contributed by atoms with van der Waals surface area (Å²) in [6.07, 6.45) is 3.94. The number of benzene rings is 1. The fraction of sp³-hybridized carbons (Fsp3) is 0.677. The summed E-state index contributed by atoms with van der Waals surface area (Å²) < 4.78 is 28.1. The molecular formula is C31H49NO9S3. The first-order valence-corrected chi connectivity index (χ1v) is 17.0. The number of rotatable bonds is 9. The number of carbonyl (C=O) groups excluding carboxylic acids is 2. The average molecular weight is 676 g/mol. The van der Waals surface area contributed by atoms with Crippen LogP contribution in [0.5, 0.6) is 11.5 Å². The second-order valence-corrected chi connectivity index (χ2v) is 13.9. The summed E-state index contributed by atoms with van der Waals surface area (Å²) in [5.74, 6) is -0.0645. The lowest BCUT2D eigenvalue weighted by Crippen LogP contribution is -2.49. The lowest BCUT2D eigenvalue weighted by molar-refractivity contribution is -0.178. The molecule has 1 fully saturated rings. The van der Waals surface area contributed by atoms with Crippen molar-refractivity contribution in [2.45, 2.75) is 102 Å². The van der Waals surface area contributed by atoms with Crippen LogP contribution in [0.1, 0.15) is 84.3 Å². The Balaban J connectivity index is 0.00000130. The molecule has 1 saturated heterocycles. The van der Waals surface area contributed by atoms with Crippen LogP contribution in [0, 0.1) is 0 Å². The normalized spacial score (nSPS) is 24.3. The molecule has 4 aliphatic rings. The monoisotopic (exact) mass is 675 g/mol. The van der Waals surface area contributed by atoms with Crippen LogP contribution in [0.15, 0.2) is 24.0 Å². The maximum Gasteiger partial charge on any atom is 0.339 e. The van der Waals surface area contributed by atoms with Crippen LogP contribution in [0.2, 0.25) is 0 Å². The first kappa shape index (κ1) is 38.4. The van der Waals surface area contributed by atoms with E-state index in [4.69, 9.17) is 23.7 Å². The standard InChI is InChI=1S/C29H39NO9.2CH4.H2S3/c1-27(2,33)8-5-10-29(34,16-23(31)36-4)26(32)39-25-22(35-3)15-28-9-6-11-30(28)12-7-18-13-20-21(38-17-37-20)14-19(18)24(25)28;;;1-3-2/h13-15,24-25,33-34H,5-12,16-17H2,1-4H3;2*1H4;1-2H/t24-,25?,28+,29?;;;/m1.../s1. The van der Waals surface area contributed by atoms with Crippen molar-refractivity contribution in [3.05, 3.63) is 35.1 Å². The number of ether oxygens (including phenoxy) is 5. The van der Waals surface area contributed by atoms with Gasteiger partial charge in [-0.1, -0.05) is 38.2 Å². The van der Waals surface area contributed by atoms with E-state index in [-0.39, 0.29) is 34.0 Å². The number of carbonyl (C=O) groups is 2. The zero-order valence-corrected chi connectivity index (χ0v) is 27.1. The Morgan fingerprint density at radius 2 is 1.77 bits per heavy atom. The molecule has 1 aliphatic carbocycles. The third kappa shape index (κ3) is 7.95. The number of hydrogen-bond acceptors (Lipinski definition) is 13. The Kier molecular flexibility index (Phi) is 13.7. The Morgan fingerprint density at radius 3 is 2.39 bits per heavy atom. The molecule has 0 saturated carbocycles. The lowest BCUT2D eigenvalue weighted by atomic mass is 9.77. The van der Waals surface area contributed by atoms with Gasteiger partial charge >= 0.3 is 11.9 Å². The third-order valence-corrected chi connectivity index (χ3v) is 8.62. The van der Waals surface area contributed by atoms with E-state index in [0.29, 0.717) is 30.1 Å². The minimum absolute atomic E-state index is 0. The molecule has 0 amide bonds. The molecular weight excluding hydrogens is 627 g/mol. The van der Waals surface area contributed by atoms with E-state index in [1.807, 2.05) is 12.1 Å².